The van der Waals surface area contributed by atoms with Gasteiger partial charge in [-0.05, 0) is 67.3 Å². The summed E-state index contributed by atoms with van der Waals surface area (Å²) >= 11 is 16.1. The summed E-state index contributed by atoms with van der Waals surface area (Å²) in [7, 11) is 0. The van der Waals surface area contributed by atoms with E-state index in [-0.39, 0.29) is 25.0 Å². The highest BCUT2D eigenvalue weighted by molar-refractivity contribution is 9.10. The predicted octanol–water partition coefficient (Wildman–Crippen LogP) is 6.53. The molecule has 1 atom stereocenters. The molecule has 0 saturated heterocycles. The molecular weight excluding hydrogens is 563 g/mol. The second-order valence-electron chi connectivity index (χ2n) is 8.52. The van der Waals surface area contributed by atoms with Crippen LogP contribution >= 0.6 is 39.1 Å². The molecule has 0 fully saturated rings. The molecule has 0 heterocycles. The highest BCUT2D eigenvalue weighted by Crippen LogP contribution is 2.27. The van der Waals surface area contributed by atoms with Crippen LogP contribution < -0.4 is 10.1 Å². The maximum absolute atomic E-state index is 13.6. The second-order valence-corrected chi connectivity index (χ2v) is 10.2. The molecule has 0 spiro atoms. The molecule has 0 aromatic heterocycles. The van der Waals surface area contributed by atoms with Gasteiger partial charge in [0.15, 0.2) is 6.61 Å². The summed E-state index contributed by atoms with van der Waals surface area (Å²) in [6, 6.07) is 17.7. The van der Waals surface area contributed by atoms with Gasteiger partial charge in [-0.25, -0.2) is 0 Å². The summed E-state index contributed by atoms with van der Waals surface area (Å²) in [5, 5.41) is 3.79. The highest BCUT2D eigenvalue weighted by Gasteiger charge is 2.31. The lowest BCUT2D eigenvalue weighted by molar-refractivity contribution is -0.142. The summed E-state index contributed by atoms with van der Waals surface area (Å²) in [6.45, 7) is 6.13. The lowest BCUT2D eigenvalue weighted by atomic mass is 10.0. The van der Waals surface area contributed by atoms with E-state index >= 15 is 0 Å². The third-order valence-electron chi connectivity index (χ3n) is 5.75. The average molecular weight is 592 g/mol. The van der Waals surface area contributed by atoms with E-state index in [0.29, 0.717) is 34.3 Å². The van der Waals surface area contributed by atoms with Gasteiger partial charge in [-0.2, -0.15) is 0 Å². The predicted molar refractivity (Wildman–Crippen MR) is 149 cm³/mol. The number of aryl methyl sites for hydroxylation is 2. The van der Waals surface area contributed by atoms with E-state index in [9.17, 15) is 9.59 Å². The van der Waals surface area contributed by atoms with Crippen molar-refractivity contribution in [3.05, 3.63) is 97.4 Å². The first-order valence-corrected chi connectivity index (χ1v) is 13.2. The second kappa shape index (κ2) is 13.1. The van der Waals surface area contributed by atoms with Gasteiger partial charge in [0.2, 0.25) is 5.91 Å². The van der Waals surface area contributed by atoms with Gasteiger partial charge >= 0.3 is 0 Å². The van der Waals surface area contributed by atoms with E-state index in [1.54, 1.807) is 18.2 Å². The molecule has 190 valence electrons. The van der Waals surface area contributed by atoms with Crippen molar-refractivity contribution >= 4 is 50.9 Å². The number of carbonyl (C=O) groups excluding carboxylic acids is 2. The summed E-state index contributed by atoms with van der Waals surface area (Å²) in [4.78, 5) is 28.4. The van der Waals surface area contributed by atoms with Gasteiger partial charge in [0, 0.05) is 34.0 Å². The van der Waals surface area contributed by atoms with Gasteiger partial charge in [-0.1, -0.05) is 75.5 Å². The quantitative estimate of drug-likeness (QED) is 0.292. The molecule has 1 N–H and O–H groups in total. The molecule has 3 aromatic rings. The van der Waals surface area contributed by atoms with Crippen LogP contribution in [0.1, 0.15) is 29.2 Å². The van der Waals surface area contributed by atoms with Crippen molar-refractivity contribution in [1.29, 1.82) is 0 Å². The van der Waals surface area contributed by atoms with Gasteiger partial charge in [0.05, 0.1) is 0 Å². The topological polar surface area (TPSA) is 58.6 Å². The molecule has 0 aliphatic carbocycles. The van der Waals surface area contributed by atoms with Crippen molar-refractivity contribution < 1.29 is 14.3 Å². The number of hydrogen-bond donors (Lipinski definition) is 1. The number of likely N-dealkylation sites (N-methyl/N-ethyl adjacent to an activating group) is 1. The Kier molecular flexibility index (Phi) is 10.2. The number of rotatable bonds is 10. The van der Waals surface area contributed by atoms with Gasteiger partial charge in [0.25, 0.3) is 5.91 Å². The fourth-order valence-electron chi connectivity index (χ4n) is 3.90. The molecule has 0 aliphatic heterocycles. The molecule has 8 heteroatoms. The number of carbonyl (C=O) groups is 2. The van der Waals surface area contributed by atoms with E-state index in [0.717, 1.165) is 21.2 Å². The van der Waals surface area contributed by atoms with E-state index < -0.39 is 6.04 Å². The van der Waals surface area contributed by atoms with Gasteiger partial charge < -0.3 is 15.0 Å². The number of ether oxygens (including phenoxy) is 1. The lowest BCUT2D eigenvalue weighted by Crippen LogP contribution is -2.51. The maximum atomic E-state index is 13.6. The van der Waals surface area contributed by atoms with E-state index in [2.05, 4.69) is 21.2 Å². The molecule has 0 saturated carbocycles. The molecule has 2 amide bonds. The van der Waals surface area contributed by atoms with Crippen LogP contribution in [0.2, 0.25) is 10.0 Å². The minimum absolute atomic E-state index is 0.130. The zero-order valence-corrected chi connectivity index (χ0v) is 23.6. The Balaban J connectivity index is 1.93. The first kappa shape index (κ1) is 28.0. The first-order valence-electron chi connectivity index (χ1n) is 11.6. The minimum Gasteiger partial charge on any atom is -0.484 e. The third kappa shape index (κ3) is 7.48. The Morgan fingerprint density at radius 1 is 1.03 bits per heavy atom. The van der Waals surface area contributed by atoms with Crippen LogP contribution in [0.25, 0.3) is 0 Å². The Hall–Kier alpha value is -2.54. The largest absolute Gasteiger partial charge is 0.484 e. The molecule has 3 aromatic carbocycles. The fraction of sp³-hybridized carbons (Fsp3) is 0.286. The zero-order valence-electron chi connectivity index (χ0n) is 20.5. The van der Waals surface area contributed by atoms with E-state index in [1.807, 2.05) is 63.2 Å². The Bertz CT molecular complexity index is 1200. The van der Waals surface area contributed by atoms with Crippen molar-refractivity contribution in [2.24, 2.45) is 0 Å². The van der Waals surface area contributed by atoms with E-state index in [4.69, 9.17) is 27.9 Å². The number of benzene rings is 3. The van der Waals surface area contributed by atoms with Crippen LogP contribution in [0.3, 0.4) is 0 Å². The van der Waals surface area contributed by atoms with Crippen molar-refractivity contribution in [3.8, 4) is 5.75 Å². The highest BCUT2D eigenvalue weighted by atomic mass is 79.9. The summed E-state index contributed by atoms with van der Waals surface area (Å²) in [5.74, 6) is 0.0187. The molecule has 0 radical (unpaired) electrons. The normalized spacial score (nSPS) is 11.6. The van der Waals surface area contributed by atoms with Crippen molar-refractivity contribution in [2.75, 3.05) is 13.2 Å². The van der Waals surface area contributed by atoms with Crippen LogP contribution in [-0.4, -0.2) is 35.9 Å². The van der Waals surface area contributed by atoms with Gasteiger partial charge in [-0.15, -0.1) is 0 Å². The van der Waals surface area contributed by atoms with Gasteiger partial charge in [0.1, 0.15) is 11.8 Å². The number of halogens is 3. The molecule has 0 aliphatic rings. The molecule has 3 rings (SSSR count). The van der Waals surface area contributed by atoms with E-state index in [1.165, 1.54) is 4.90 Å². The van der Waals surface area contributed by atoms with Gasteiger partial charge in [-0.3, -0.25) is 9.59 Å². The van der Waals surface area contributed by atoms with Crippen molar-refractivity contribution in [2.45, 2.75) is 39.8 Å². The fourth-order valence-corrected chi connectivity index (χ4v) is 4.59. The SMILES string of the molecule is CCNC(=O)C(Cc1ccccc1)N(Cc1ccc(Cl)cc1Cl)C(=O)COc1cc(C)c(Br)c(C)c1. The van der Waals surface area contributed by atoms with Crippen molar-refractivity contribution in [1.82, 2.24) is 10.2 Å². The Morgan fingerprint density at radius 3 is 2.31 bits per heavy atom. The summed E-state index contributed by atoms with van der Waals surface area (Å²) in [5.41, 5.74) is 3.64. The van der Waals surface area contributed by atoms with Crippen molar-refractivity contribution in [3.63, 3.8) is 0 Å². The Morgan fingerprint density at radius 2 is 1.69 bits per heavy atom. The van der Waals surface area contributed by atoms with Crippen LogP contribution in [-0.2, 0) is 22.6 Å². The third-order valence-corrected chi connectivity index (χ3v) is 7.59. The van der Waals surface area contributed by atoms with Crippen LogP contribution in [0.4, 0.5) is 0 Å². The molecule has 5 nitrogen and oxygen atoms in total. The number of nitrogens with one attached hydrogen (secondary N) is 1. The lowest BCUT2D eigenvalue weighted by Gasteiger charge is -2.31. The number of hydrogen-bond acceptors (Lipinski definition) is 3. The number of nitrogens with zero attached hydrogens (tertiary/aromatic N) is 1. The molecule has 36 heavy (non-hydrogen) atoms. The summed E-state index contributed by atoms with van der Waals surface area (Å²) in [6.07, 6.45) is 0.347. The number of amides is 2. The smallest absolute Gasteiger partial charge is 0.261 e. The molecular formula is C28H29BrCl2N2O3. The van der Waals surface area contributed by atoms with Crippen LogP contribution in [0.5, 0.6) is 5.75 Å². The summed E-state index contributed by atoms with van der Waals surface area (Å²) < 4.78 is 6.89. The molecule has 1 unspecified atom stereocenters. The van der Waals surface area contributed by atoms with Crippen LogP contribution in [0, 0.1) is 13.8 Å². The maximum Gasteiger partial charge on any atom is 0.261 e. The zero-order chi connectivity index (χ0) is 26.2. The van der Waals surface area contributed by atoms with Crippen LogP contribution in [0.15, 0.2) is 65.1 Å². The minimum atomic E-state index is -0.761. The first-order chi connectivity index (χ1) is 17.2. The Labute approximate surface area is 230 Å². The molecule has 0 bridgehead atoms. The standard InChI is InChI=1S/C28H29BrCl2N2O3/c1-4-32-28(35)25(14-20-8-6-5-7-9-20)33(16-21-10-11-22(30)15-24(21)31)26(34)17-36-23-12-18(2)27(29)19(3)13-23/h5-13,15,25H,4,14,16-17H2,1-3H3,(H,32,35). The average Bonchev–Trinajstić information content (AvgIpc) is 2.85. The monoisotopic (exact) mass is 590 g/mol.